The van der Waals surface area contributed by atoms with E-state index in [0.717, 1.165) is 0 Å². The number of urea groups is 1. The Morgan fingerprint density at radius 3 is 2.64 bits per heavy atom. The van der Waals surface area contributed by atoms with E-state index in [1.54, 1.807) is 24.3 Å². The van der Waals surface area contributed by atoms with Crippen LogP contribution in [0.3, 0.4) is 0 Å². The molecule has 2 aromatic carbocycles. The molecule has 0 saturated carbocycles. The number of benzene rings is 2. The average Bonchev–Trinajstić information content (AvgIpc) is 2.54. The van der Waals surface area contributed by atoms with Crippen molar-refractivity contribution in [3.63, 3.8) is 0 Å². The Morgan fingerprint density at radius 2 is 1.82 bits per heavy atom. The molecular weight excluding hydrogens is 282 g/mol. The van der Waals surface area contributed by atoms with Crippen LogP contribution in [0.5, 0.6) is 5.75 Å². The second-order valence-corrected chi connectivity index (χ2v) is 4.79. The smallest absolute Gasteiger partial charge is 0.319 e. The van der Waals surface area contributed by atoms with Gasteiger partial charge in [0.05, 0.1) is 12.2 Å². The Morgan fingerprint density at radius 1 is 1.09 bits per heavy atom. The maximum Gasteiger partial charge on any atom is 0.319 e. The number of hydrogen-bond acceptors (Lipinski definition) is 3. The van der Waals surface area contributed by atoms with E-state index in [1.807, 2.05) is 30.3 Å². The Kier molecular flexibility index (Phi) is 3.91. The molecule has 1 heterocycles. The van der Waals surface area contributed by atoms with Gasteiger partial charge < -0.3 is 20.7 Å². The minimum atomic E-state index is -0.753. The molecule has 0 aromatic heterocycles. The number of fused-ring (bicyclic) bond motifs is 1. The largest absolute Gasteiger partial charge is 0.477 e. The summed E-state index contributed by atoms with van der Waals surface area (Å²) < 4.78 is 5.59. The Bertz CT molecular complexity index is 688. The number of anilines is 2. The average molecular weight is 297 g/mol. The van der Waals surface area contributed by atoms with Crippen molar-refractivity contribution in [2.24, 2.45) is 0 Å². The second-order valence-electron chi connectivity index (χ2n) is 4.79. The zero-order chi connectivity index (χ0) is 15.4. The molecule has 6 heteroatoms. The minimum absolute atomic E-state index is 0.0822. The number of ether oxygens (including phenoxy) is 1. The van der Waals surface area contributed by atoms with E-state index < -0.39 is 6.10 Å². The molecule has 1 aliphatic heterocycles. The standard InChI is InChI=1S/C16H15N3O3/c20-15-14(22-13-9-5-4-8-12(13)19-15)10-17-16(21)18-11-6-2-1-3-7-11/h1-9,14H,10H2,(H,19,20)(H2,17,18,21). The fraction of sp³-hybridized carbons (Fsp3) is 0.125. The third-order valence-corrected chi connectivity index (χ3v) is 3.19. The van der Waals surface area contributed by atoms with Crippen LogP contribution in [0.15, 0.2) is 54.6 Å². The van der Waals surface area contributed by atoms with E-state index in [-0.39, 0.29) is 18.5 Å². The van der Waals surface area contributed by atoms with Crippen molar-refractivity contribution in [1.82, 2.24) is 5.32 Å². The highest BCUT2D eigenvalue weighted by molar-refractivity contribution is 5.98. The molecule has 2 aromatic rings. The SMILES string of the molecule is O=C(NCC1Oc2ccccc2NC1=O)Nc1ccccc1. The van der Waals surface area contributed by atoms with Gasteiger partial charge in [0.25, 0.3) is 5.91 Å². The third-order valence-electron chi connectivity index (χ3n) is 3.19. The number of hydrogen-bond donors (Lipinski definition) is 3. The maximum atomic E-state index is 11.9. The van der Waals surface area contributed by atoms with E-state index in [4.69, 9.17) is 4.74 Å². The van der Waals surface area contributed by atoms with Crippen molar-refractivity contribution in [3.05, 3.63) is 54.6 Å². The number of carbonyl (C=O) groups is 2. The second kappa shape index (κ2) is 6.17. The van der Waals surface area contributed by atoms with Gasteiger partial charge in [0.15, 0.2) is 6.10 Å². The van der Waals surface area contributed by atoms with Crippen molar-refractivity contribution in [2.45, 2.75) is 6.10 Å². The van der Waals surface area contributed by atoms with Crippen LogP contribution in [-0.2, 0) is 4.79 Å². The van der Waals surface area contributed by atoms with Crippen LogP contribution in [0.25, 0.3) is 0 Å². The molecule has 0 fully saturated rings. The molecule has 6 nitrogen and oxygen atoms in total. The number of para-hydroxylation sites is 3. The van der Waals surface area contributed by atoms with Gasteiger partial charge in [0.1, 0.15) is 5.75 Å². The number of rotatable bonds is 3. The molecule has 0 radical (unpaired) electrons. The van der Waals surface area contributed by atoms with E-state index >= 15 is 0 Å². The summed E-state index contributed by atoms with van der Waals surface area (Å²) in [5, 5.41) is 8.05. The minimum Gasteiger partial charge on any atom is -0.477 e. The molecule has 1 unspecified atom stereocenters. The lowest BCUT2D eigenvalue weighted by molar-refractivity contribution is -0.123. The summed E-state index contributed by atoms with van der Waals surface area (Å²) in [7, 11) is 0. The number of nitrogens with one attached hydrogen (secondary N) is 3. The third kappa shape index (κ3) is 3.17. The summed E-state index contributed by atoms with van der Waals surface area (Å²) in [6, 6.07) is 15.8. The van der Waals surface area contributed by atoms with Gasteiger partial charge in [0, 0.05) is 5.69 Å². The molecule has 3 rings (SSSR count). The Labute approximate surface area is 127 Å². The van der Waals surface area contributed by atoms with Crippen molar-refractivity contribution < 1.29 is 14.3 Å². The van der Waals surface area contributed by atoms with Crippen molar-refractivity contribution in [2.75, 3.05) is 17.2 Å². The molecule has 112 valence electrons. The first-order valence-corrected chi connectivity index (χ1v) is 6.89. The molecule has 0 bridgehead atoms. The van der Waals surface area contributed by atoms with Crippen molar-refractivity contribution in [1.29, 1.82) is 0 Å². The maximum absolute atomic E-state index is 11.9. The van der Waals surface area contributed by atoms with Gasteiger partial charge >= 0.3 is 6.03 Å². The van der Waals surface area contributed by atoms with Gasteiger partial charge in [-0.15, -0.1) is 0 Å². The predicted molar refractivity (Wildman–Crippen MR) is 83.0 cm³/mol. The summed E-state index contributed by atoms with van der Waals surface area (Å²) in [6.07, 6.45) is -0.753. The van der Waals surface area contributed by atoms with Gasteiger partial charge in [-0.1, -0.05) is 30.3 Å². The quantitative estimate of drug-likeness (QED) is 0.812. The highest BCUT2D eigenvalue weighted by Gasteiger charge is 2.27. The van der Waals surface area contributed by atoms with Crippen LogP contribution in [0.4, 0.5) is 16.2 Å². The monoisotopic (exact) mass is 297 g/mol. The van der Waals surface area contributed by atoms with E-state index in [2.05, 4.69) is 16.0 Å². The van der Waals surface area contributed by atoms with Gasteiger partial charge in [-0.2, -0.15) is 0 Å². The number of carbonyl (C=O) groups excluding carboxylic acids is 2. The fourth-order valence-electron chi connectivity index (χ4n) is 2.11. The molecule has 1 atom stereocenters. The van der Waals surface area contributed by atoms with Crippen molar-refractivity contribution in [3.8, 4) is 5.75 Å². The molecule has 0 aliphatic carbocycles. The first kappa shape index (κ1) is 13.9. The van der Waals surface area contributed by atoms with E-state index in [1.165, 1.54) is 0 Å². The van der Waals surface area contributed by atoms with E-state index in [9.17, 15) is 9.59 Å². The van der Waals surface area contributed by atoms with Crippen LogP contribution in [-0.4, -0.2) is 24.6 Å². The van der Waals surface area contributed by atoms with Gasteiger partial charge in [-0.3, -0.25) is 4.79 Å². The summed E-state index contributed by atoms with van der Waals surface area (Å²) in [4.78, 5) is 23.7. The lowest BCUT2D eigenvalue weighted by Crippen LogP contribution is -2.46. The topological polar surface area (TPSA) is 79.5 Å². The van der Waals surface area contributed by atoms with Gasteiger partial charge in [-0.05, 0) is 24.3 Å². The molecule has 3 N–H and O–H groups in total. The lowest BCUT2D eigenvalue weighted by atomic mass is 10.2. The van der Waals surface area contributed by atoms with Crippen molar-refractivity contribution >= 4 is 23.3 Å². The predicted octanol–water partition coefficient (Wildman–Crippen LogP) is 2.21. The highest BCUT2D eigenvalue weighted by Crippen LogP contribution is 2.28. The zero-order valence-electron chi connectivity index (χ0n) is 11.7. The molecule has 0 spiro atoms. The first-order chi connectivity index (χ1) is 10.7. The van der Waals surface area contributed by atoms with Crippen LogP contribution in [0, 0.1) is 0 Å². The molecule has 22 heavy (non-hydrogen) atoms. The molecular formula is C16H15N3O3. The highest BCUT2D eigenvalue weighted by atomic mass is 16.5. The van der Waals surface area contributed by atoms with Crippen LogP contribution in [0.1, 0.15) is 0 Å². The molecule has 3 amide bonds. The molecule has 1 aliphatic rings. The number of amides is 3. The van der Waals surface area contributed by atoms with Gasteiger partial charge in [-0.25, -0.2) is 4.79 Å². The lowest BCUT2D eigenvalue weighted by Gasteiger charge is -2.25. The summed E-state index contributed by atoms with van der Waals surface area (Å²) >= 11 is 0. The first-order valence-electron chi connectivity index (χ1n) is 6.89. The summed E-state index contributed by atoms with van der Waals surface area (Å²) in [6.45, 7) is 0.0822. The normalized spacial score (nSPS) is 16.0. The summed E-state index contributed by atoms with van der Waals surface area (Å²) in [5.74, 6) is 0.316. The van der Waals surface area contributed by atoms with E-state index in [0.29, 0.717) is 17.1 Å². The Balaban J connectivity index is 1.56. The van der Waals surface area contributed by atoms with Crippen LogP contribution < -0.4 is 20.7 Å². The molecule has 0 saturated heterocycles. The van der Waals surface area contributed by atoms with Crippen LogP contribution in [0.2, 0.25) is 0 Å². The fourth-order valence-corrected chi connectivity index (χ4v) is 2.11. The van der Waals surface area contributed by atoms with Gasteiger partial charge in [0.2, 0.25) is 0 Å². The summed E-state index contributed by atoms with van der Waals surface area (Å²) in [5.41, 5.74) is 1.32. The Hall–Kier alpha value is -3.02. The zero-order valence-corrected chi connectivity index (χ0v) is 11.7. The van der Waals surface area contributed by atoms with Crippen LogP contribution >= 0.6 is 0 Å².